The van der Waals surface area contributed by atoms with Crippen molar-refractivity contribution in [3.05, 3.63) is 35.4 Å². The van der Waals surface area contributed by atoms with E-state index in [-0.39, 0.29) is 30.4 Å². The number of amides is 1. The fraction of sp³-hybridized carbons (Fsp3) is 0.455. The maximum atomic E-state index is 13.0. The van der Waals surface area contributed by atoms with Crippen LogP contribution in [-0.4, -0.2) is 53.7 Å². The second kappa shape index (κ2) is 13.0. The highest BCUT2D eigenvalue weighted by molar-refractivity contribution is 7.98. The molecule has 2 rings (SSSR count). The topological polar surface area (TPSA) is 120 Å². The summed E-state index contributed by atoms with van der Waals surface area (Å²) in [5.41, 5.74) is 5.04. The average molecular weight is 498 g/mol. The van der Waals surface area contributed by atoms with Gasteiger partial charge in [-0.2, -0.15) is 23.4 Å². The number of carbonyl (C=O) groups is 1. The van der Waals surface area contributed by atoms with Crippen LogP contribution in [0.5, 0.6) is 0 Å². The number of thioether (sulfide) groups is 1. The quantitative estimate of drug-likeness (QED) is 0.250. The molecule has 0 fully saturated rings. The number of benzene rings is 1. The lowest BCUT2D eigenvalue weighted by Crippen LogP contribution is -2.35. The molecule has 0 aliphatic heterocycles. The highest BCUT2D eigenvalue weighted by Crippen LogP contribution is 2.31. The van der Waals surface area contributed by atoms with Gasteiger partial charge in [-0.3, -0.25) is 4.79 Å². The zero-order chi connectivity index (χ0) is 24.6. The summed E-state index contributed by atoms with van der Waals surface area (Å²) in [5.74, 6) is -0.511. The van der Waals surface area contributed by atoms with Crippen molar-refractivity contribution in [3.63, 3.8) is 0 Å². The summed E-state index contributed by atoms with van der Waals surface area (Å²) in [6.45, 7) is 0.808. The SMILES string of the molecule is C.CSc1nc(N)nc(N[C@@H](CCCCN(C)C)C(=O)Nc2cccc(C(F)(F)F)c2)c1C#N. The summed E-state index contributed by atoms with van der Waals surface area (Å²) < 4.78 is 39.1. The lowest BCUT2D eigenvalue weighted by Gasteiger charge is -2.21. The molecule has 2 aromatic rings. The number of nitrogen functional groups attached to an aromatic ring is 1. The number of unbranched alkanes of at least 4 members (excludes halogenated alkanes) is 1. The summed E-state index contributed by atoms with van der Waals surface area (Å²) in [4.78, 5) is 23.1. The van der Waals surface area contributed by atoms with E-state index in [1.54, 1.807) is 6.26 Å². The number of anilines is 3. The van der Waals surface area contributed by atoms with Gasteiger partial charge in [0, 0.05) is 5.69 Å². The van der Waals surface area contributed by atoms with Crippen LogP contribution in [0.4, 0.5) is 30.6 Å². The fourth-order valence-corrected chi connectivity index (χ4v) is 3.55. The van der Waals surface area contributed by atoms with E-state index in [0.29, 0.717) is 17.9 Å². The molecule has 0 saturated carbocycles. The van der Waals surface area contributed by atoms with Crippen molar-refractivity contribution in [1.29, 1.82) is 5.26 Å². The molecule has 1 heterocycles. The molecule has 8 nitrogen and oxygen atoms in total. The molecule has 0 bridgehead atoms. The molecular formula is C22H30F3N7OS. The van der Waals surface area contributed by atoms with Crippen LogP contribution in [-0.2, 0) is 11.0 Å². The van der Waals surface area contributed by atoms with Crippen LogP contribution < -0.4 is 16.4 Å². The number of nitrogens with one attached hydrogen (secondary N) is 2. The Morgan fingerprint density at radius 2 is 2.00 bits per heavy atom. The maximum absolute atomic E-state index is 13.0. The molecule has 186 valence electrons. The Labute approximate surface area is 202 Å². The third kappa shape index (κ3) is 8.39. The predicted molar refractivity (Wildman–Crippen MR) is 130 cm³/mol. The summed E-state index contributed by atoms with van der Waals surface area (Å²) >= 11 is 1.21. The first-order valence-electron chi connectivity index (χ1n) is 10.1. The van der Waals surface area contributed by atoms with Crippen LogP contribution in [0.15, 0.2) is 29.3 Å². The molecule has 0 unspecified atom stereocenters. The fourth-order valence-electron chi connectivity index (χ4n) is 3.02. The van der Waals surface area contributed by atoms with Gasteiger partial charge in [-0.25, -0.2) is 4.98 Å². The molecule has 1 amide bonds. The van der Waals surface area contributed by atoms with Crippen LogP contribution in [0.3, 0.4) is 0 Å². The number of nitrogens with zero attached hydrogens (tertiary/aromatic N) is 4. The molecule has 1 aromatic carbocycles. The number of halogens is 3. The monoisotopic (exact) mass is 497 g/mol. The molecule has 1 atom stereocenters. The van der Waals surface area contributed by atoms with E-state index in [9.17, 15) is 23.2 Å². The second-order valence-electron chi connectivity index (χ2n) is 7.49. The molecule has 12 heteroatoms. The van der Waals surface area contributed by atoms with Crippen molar-refractivity contribution >= 4 is 35.1 Å². The van der Waals surface area contributed by atoms with Crippen molar-refractivity contribution in [2.24, 2.45) is 0 Å². The smallest absolute Gasteiger partial charge is 0.368 e. The normalized spacial score (nSPS) is 11.9. The third-order valence-corrected chi connectivity index (χ3v) is 5.31. The van der Waals surface area contributed by atoms with Gasteiger partial charge in [0.1, 0.15) is 22.7 Å². The van der Waals surface area contributed by atoms with Gasteiger partial charge in [0.2, 0.25) is 11.9 Å². The number of hydrogen-bond donors (Lipinski definition) is 3. The van der Waals surface area contributed by atoms with Gasteiger partial charge in [-0.05, 0) is 64.4 Å². The molecule has 0 saturated heterocycles. The summed E-state index contributed by atoms with van der Waals surface area (Å²) in [6, 6.07) is 5.56. The standard InChI is InChI=1S/C21H26F3N7OS.CH4/c1-31(2)10-5-4-9-16(28-17-15(12-25)19(33-3)30-20(26)29-17)18(32)27-14-8-6-7-13(11-14)21(22,23)24;/h6-8,11,16H,4-5,9-10H2,1-3H3,(H,27,32)(H3,26,28,29,30);1H4/t16-;/m0./s1. The van der Waals surface area contributed by atoms with Crippen LogP contribution in [0.1, 0.15) is 37.8 Å². The number of nitriles is 1. The molecule has 34 heavy (non-hydrogen) atoms. The first kappa shape index (κ1) is 29.0. The largest absolute Gasteiger partial charge is 0.416 e. The van der Waals surface area contributed by atoms with E-state index in [1.165, 1.54) is 23.9 Å². The van der Waals surface area contributed by atoms with E-state index in [1.807, 2.05) is 25.1 Å². The first-order valence-corrected chi connectivity index (χ1v) is 11.3. The Balaban J connectivity index is 0.00000578. The van der Waals surface area contributed by atoms with E-state index in [0.717, 1.165) is 25.1 Å². The Morgan fingerprint density at radius 3 is 2.59 bits per heavy atom. The van der Waals surface area contributed by atoms with Gasteiger partial charge >= 0.3 is 6.18 Å². The van der Waals surface area contributed by atoms with E-state index < -0.39 is 23.7 Å². The van der Waals surface area contributed by atoms with Crippen molar-refractivity contribution in [1.82, 2.24) is 14.9 Å². The second-order valence-corrected chi connectivity index (χ2v) is 8.29. The predicted octanol–water partition coefficient (Wildman–Crippen LogP) is 4.46. The first-order chi connectivity index (χ1) is 15.5. The maximum Gasteiger partial charge on any atom is 0.416 e. The molecule has 1 aromatic heterocycles. The number of nitrogens with two attached hydrogens (primary N) is 1. The average Bonchev–Trinajstić information content (AvgIpc) is 2.74. The van der Waals surface area contributed by atoms with Gasteiger partial charge in [0.05, 0.1) is 5.56 Å². The zero-order valence-electron chi connectivity index (χ0n) is 18.5. The number of rotatable bonds is 10. The highest BCUT2D eigenvalue weighted by Gasteiger charge is 2.31. The zero-order valence-corrected chi connectivity index (χ0v) is 19.3. The van der Waals surface area contributed by atoms with Crippen molar-refractivity contribution in [2.75, 3.05) is 43.3 Å². The molecule has 0 radical (unpaired) electrons. The number of carbonyl (C=O) groups excluding carboxylic acids is 1. The number of aromatic nitrogens is 2. The Hall–Kier alpha value is -3.04. The van der Waals surface area contributed by atoms with Crippen LogP contribution in [0.25, 0.3) is 0 Å². The van der Waals surface area contributed by atoms with Crippen LogP contribution >= 0.6 is 11.8 Å². The van der Waals surface area contributed by atoms with E-state index >= 15 is 0 Å². The summed E-state index contributed by atoms with van der Waals surface area (Å²) in [6.07, 6.45) is -0.981. The summed E-state index contributed by atoms with van der Waals surface area (Å²) in [7, 11) is 3.87. The highest BCUT2D eigenvalue weighted by atomic mass is 32.2. The van der Waals surface area contributed by atoms with Crippen molar-refractivity contribution in [3.8, 4) is 6.07 Å². The minimum Gasteiger partial charge on any atom is -0.368 e. The summed E-state index contributed by atoms with van der Waals surface area (Å²) in [5, 5.41) is 15.4. The molecule has 0 aliphatic carbocycles. The van der Waals surface area contributed by atoms with E-state index in [2.05, 4.69) is 20.6 Å². The van der Waals surface area contributed by atoms with Gasteiger partial charge in [-0.15, -0.1) is 11.8 Å². The number of alkyl halides is 3. The third-order valence-electron chi connectivity index (χ3n) is 4.63. The lowest BCUT2D eigenvalue weighted by atomic mass is 10.1. The lowest BCUT2D eigenvalue weighted by molar-refractivity contribution is -0.137. The molecule has 0 spiro atoms. The minimum atomic E-state index is -4.53. The van der Waals surface area contributed by atoms with Crippen molar-refractivity contribution < 1.29 is 18.0 Å². The molecule has 0 aliphatic rings. The number of hydrogen-bond acceptors (Lipinski definition) is 8. The molecule has 4 N–H and O–H groups in total. The van der Waals surface area contributed by atoms with Gasteiger partial charge < -0.3 is 21.3 Å². The Bertz CT molecular complexity index is 1010. The van der Waals surface area contributed by atoms with Gasteiger partial charge in [0.15, 0.2) is 5.82 Å². The van der Waals surface area contributed by atoms with E-state index in [4.69, 9.17) is 5.73 Å². The van der Waals surface area contributed by atoms with Gasteiger partial charge in [-0.1, -0.05) is 13.5 Å². The van der Waals surface area contributed by atoms with Crippen LogP contribution in [0, 0.1) is 11.3 Å². The van der Waals surface area contributed by atoms with Crippen LogP contribution in [0.2, 0.25) is 0 Å². The van der Waals surface area contributed by atoms with Gasteiger partial charge in [0.25, 0.3) is 0 Å². The minimum absolute atomic E-state index is 0. The Morgan fingerprint density at radius 1 is 1.29 bits per heavy atom. The van der Waals surface area contributed by atoms with Crippen molar-refractivity contribution in [2.45, 2.75) is 43.9 Å². The Kier molecular flexibility index (Phi) is 11.1. The molecular weight excluding hydrogens is 467 g/mol.